The zero-order chi connectivity index (χ0) is 58.9. The van der Waals surface area contributed by atoms with Crippen LogP contribution in [0.25, 0.3) is 21.5 Å². The number of azo groups is 4. The zero-order valence-electron chi connectivity index (χ0n) is 46.6. The van der Waals surface area contributed by atoms with Gasteiger partial charge in [-0.1, -0.05) is 37.3 Å². The Hall–Kier alpha value is -8.47. The van der Waals surface area contributed by atoms with E-state index in [1.54, 1.807) is 36.4 Å². The number of nitrogens with zero attached hydrogens (tertiary/aromatic N) is 8. The quantitative estimate of drug-likeness (QED) is 0.0308. The normalized spacial score (nSPS) is 12.3. The first-order chi connectivity index (χ1) is 39.1. The van der Waals surface area contributed by atoms with Crippen LogP contribution in [-0.2, 0) is 44.5 Å². The van der Waals surface area contributed by atoms with Crippen molar-refractivity contribution < 1.29 is 50.1 Å². The molecule has 0 aromatic heterocycles. The predicted octanol–water partition coefficient (Wildman–Crippen LogP) is 16.1. The number of carbonyl (C=O) groups is 1. The van der Waals surface area contributed by atoms with E-state index in [0.717, 1.165) is 44.2 Å². The third-order valence-corrected chi connectivity index (χ3v) is 15.1. The van der Waals surface area contributed by atoms with E-state index in [1.807, 2.05) is 115 Å². The lowest BCUT2D eigenvalue weighted by molar-refractivity contribution is -0.117. The molecular formula is C61H62N8O11S2. The molecule has 8 aromatic carbocycles. The maximum absolute atomic E-state index is 13.7. The number of Topliss-reactive ketones (excluding diaryl/α,β-unsaturated/α-hetero) is 1. The Morgan fingerprint density at radius 1 is 0.488 bits per heavy atom. The fourth-order valence-corrected chi connectivity index (χ4v) is 10.0. The Bertz CT molecular complexity index is 4130. The SMILES string of the molecule is CCCOc1cc(S(=O)(=O)O)cc2ccc(N=Nc3cc(C)c(N=Nc4cc(CO)c(CC(=O)Cc5cc(C)c(N=Nc6cc(C)c(N=Nc7ccc8cccc(OCCCS(=O)(=O)O)c8c7)cc6C)cc5OC)cc4C)cc3C)cc12. The fourth-order valence-electron chi connectivity index (χ4n) is 8.99. The summed E-state index contributed by atoms with van der Waals surface area (Å²) in [5.74, 6) is 0.871. The van der Waals surface area contributed by atoms with E-state index in [-0.39, 0.29) is 43.2 Å². The highest BCUT2D eigenvalue weighted by molar-refractivity contribution is 7.86. The number of fused-ring (bicyclic) bond motifs is 2. The molecule has 0 aliphatic carbocycles. The molecule has 0 unspecified atom stereocenters. The van der Waals surface area contributed by atoms with Crippen molar-refractivity contribution in [2.75, 3.05) is 26.1 Å². The van der Waals surface area contributed by atoms with E-state index in [2.05, 4.69) is 40.9 Å². The molecular weight excluding hydrogens is 1080 g/mol. The average molecular weight is 1150 g/mol. The number of benzene rings is 8. The number of methoxy groups -OCH3 is 1. The van der Waals surface area contributed by atoms with Crippen LogP contribution >= 0.6 is 0 Å². The number of hydrogen-bond acceptors (Lipinski definition) is 17. The molecule has 0 saturated heterocycles. The van der Waals surface area contributed by atoms with Crippen molar-refractivity contribution in [3.05, 3.63) is 165 Å². The van der Waals surface area contributed by atoms with Crippen LogP contribution in [0.3, 0.4) is 0 Å². The van der Waals surface area contributed by atoms with Crippen molar-refractivity contribution in [1.29, 1.82) is 0 Å². The van der Waals surface area contributed by atoms with Gasteiger partial charge in [0.2, 0.25) is 0 Å². The van der Waals surface area contributed by atoms with Crippen molar-refractivity contribution in [2.24, 2.45) is 40.9 Å². The standard InChI is InChI=1S/C61H62N8O11S2/c1-9-18-79-61-33-50(82(75,76)77)29-43-15-17-48(32-52(43)61)63-65-54-23-40(6)55(25-38(54)4)66-68-57-30-46(35-70)44(21-36(57)2)27-49(71)28-45-22-37(3)58(34-60(45)78-8)69-67-56-26-39(5)53(24-41(56)7)64-62-47-16-14-42-12-10-13-59(51(42)31-47)80-19-11-20-81(72,73)74/h10,12-17,21-26,29-34,70H,9,11,18-20,27-28,35H2,1-8H3,(H,72,73,74)(H,75,76,77). The lowest BCUT2D eigenvalue weighted by Crippen LogP contribution is -2.10. The Balaban J connectivity index is 0.907. The number of ketones is 1. The molecule has 21 heteroatoms. The molecule has 0 radical (unpaired) electrons. The summed E-state index contributed by atoms with van der Waals surface area (Å²) in [7, 11) is -6.99. The van der Waals surface area contributed by atoms with E-state index in [9.17, 15) is 31.3 Å². The Kier molecular flexibility index (Phi) is 18.9. The number of carbonyl (C=O) groups excluding carboxylic acids is 1. The number of aliphatic hydroxyl groups is 1. The van der Waals surface area contributed by atoms with Crippen LogP contribution in [0, 0.1) is 41.5 Å². The van der Waals surface area contributed by atoms with Gasteiger partial charge in [-0.15, -0.1) is 0 Å². The number of ether oxygens (including phenoxy) is 3. The molecule has 8 rings (SSSR count). The number of aryl methyl sites for hydroxylation is 6. The van der Waals surface area contributed by atoms with Gasteiger partial charge in [0.25, 0.3) is 20.2 Å². The smallest absolute Gasteiger partial charge is 0.294 e. The molecule has 19 nitrogen and oxygen atoms in total. The van der Waals surface area contributed by atoms with Crippen molar-refractivity contribution in [2.45, 2.75) is 85.7 Å². The molecule has 0 aliphatic heterocycles. The second kappa shape index (κ2) is 26.0. The molecule has 0 heterocycles. The molecule has 0 bridgehead atoms. The first-order valence-corrected chi connectivity index (χ1v) is 29.2. The summed E-state index contributed by atoms with van der Waals surface area (Å²) in [6.07, 6.45) is 0.966. The van der Waals surface area contributed by atoms with Crippen molar-refractivity contribution in [1.82, 2.24) is 0 Å². The van der Waals surface area contributed by atoms with Gasteiger partial charge in [-0.05, 0) is 182 Å². The van der Waals surface area contributed by atoms with E-state index < -0.39 is 26.0 Å². The van der Waals surface area contributed by atoms with Crippen LogP contribution in [0.15, 0.2) is 161 Å². The van der Waals surface area contributed by atoms with Gasteiger partial charge in [0.15, 0.2) is 0 Å². The summed E-state index contributed by atoms with van der Waals surface area (Å²) < 4.78 is 82.2. The van der Waals surface area contributed by atoms with Gasteiger partial charge in [0, 0.05) is 41.3 Å². The van der Waals surface area contributed by atoms with Gasteiger partial charge in [-0.3, -0.25) is 13.9 Å². The summed E-state index contributed by atoms with van der Waals surface area (Å²) in [6.45, 7) is 13.4. The summed E-state index contributed by atoms with van der Waals surface area (Å²) in [5, 5.41) is 49.6. The van der Waals surface area contributed by atoms with E-state index in [0.29, 0.717) is 103 Å². The molecule has 0 spiro atoms. The second-order valence-corrected chi connectivity index (χ2v) is 22.9. The minimum atomic E-state index is -4.45. The average Bonchev–Trinajstić information content (AvgIpc) is 3.50. The van der Waals surface area contributed by atoms with Gasteiger partial charge in [-0.25, -0.2) is 0 Å². The minimum absolute atomic E-state index is 0.0600. The van der Waals surface area contributed by atoms with E-state index >= 15 is 0 Å². The van der Waals surface area contributed by atoms with Gasteiger partial charge in [0.05, 0.1) is 83.1 Å². The first kappa shape index (κ1) is 59.6. The van der Waals surface area contributed by atoms with Gasteiger partial charge >= 0.3 is 0 Å². The highest BCUT2D eigenvalue weighted by Gasteiger charge is 2.18. The molecule has 3 N–H and O–H groups in total. The maximum atomic E-state index is 13.7. The molecule has 0 atom stereocenters. The molecule has 0 saturated carbocycles. The van der Waals surface area contributed by atoms with E-state index in [4.69, 9.17) is 18.8 Å². The van der Waals surface area contributed by atoms with Crippen molar-refractivity contribution in [3.8, 4) is 17.2 Å². The number of aliphatic hydroxyl groups excluding tert-OH is 1. The topological polar surface area (TPSA) is 273 Å². The zero-order valence-corrected chi connectivity index (χ0v) is 48.3. The van der Waals surface area contributed by atoms with Crippen LogP contribution in [0.4, 0.5) is 45.5 Å². The molecule has 424 valence electrons. The van der Waals surface area contributed by atoms with Crippen molar-refractivity contribution >= 4 is 93.1 Å². The summed E-state index contributed by atoms with van der Waals surface area (Å²) in [5.41, 5.74) is 11.4. The van der Waals surface area contributed by atoms with E-state index in [1.165, 1.54) is 19.2 Å². The highest BCUT2D eigenvalue weighted by atomic mass is 32.2. The van der Waals surface area contributed by atoms with Crippen LogP contribution in [0.1, 0.15) is 69.8 Å². The van der Waals surface area contributed by atoms with Crippen LogP contribution in [0.2, 0.25) is 0 Å². The fraction of sp³-hybridized carbons (Fsp3) is 0.262. The van der Waals surface area contributed by atoms with Crippen LogP contribution < -0.4 is 14.2 Å². The minimum Gasteiger partial charge on any atom is -0.496 e. The molecule has 0 aliphatic rings. The third kappa shape index (κ3) is 15.1. The Morgan fingerprint density at radius 3 is 1.49 bits per heavy atom. The molecule has 8 aromatic rings. The van der Waals surface area contributed by atoms with Crippen LogP contribution in [-0.4, -0.2) is 62.9 Å². The van der Waals surface area contributed by atoms with Gasteiger partial charge in [0.1, 0.15) is 23.0 Å². The summed E-state index contributed by atoms with van der Waals surface area (Å²) in [6, 6.07) is 33.7. The lowest BCUT2D eigenvalue weighted by atomic mass is 9.95. The van der Waals surface area contributed by atoms with Gasteiger partial charge < -0.3 is 19.3 Å². The summed E-state index contributed by atoms with van der Waals surface area (Å²) >= 11 is 0. The largest absolute Gasteiger partial charge is 0.496 e. The lowest BCUT2D eigenvalue weighted by Gasteiger charge is -2.13. The molecule has 0 amide bonds. The summed E-state index contributed by atoms with van der Waals surface area (Å²) in [4.78, 5) is 13.5. The number of hydrogen-bond donors (Lipinski definition) is 3. The van der Waals surface area contributed by atoms with Gasteiger partial charge in [-0.2, -0.15) is 57.7 Å². The highest BCUT2D eigenvalue weighted by Crippen LogP contribution is 2.38. The Labute approximate surface area is 476 Å². The van der Waals surface area contributed by atoms with Crippen molar-refractivity contribution in [3.63, 3.8) is 0 Å². The maximum Gasteiger partial charge on any atom is 0.294 e. The predicted molar refractivity (Wildman–Crippen MR) is 316 cm³/mol. The second-order valence-electron chi connectivity index (χ2n) is 19.9. The Morgan fingerprint density at radius 2 is 0.963 bits per heavy atom. The molecule has 82 heavy (non-hydrogen) atoms. The first-order valence-electron chi connectivity index (χ1n) is 26.2. The third-order valence-electron chi connectivity index (χ3n) is 13.4. The van der Waals surface area contributed by atoms with Crippen LogP contribution in [0.5, 0.6) is 17.2 Å². The number of rotatable bonds is 23. The molecule has 0 fully saturated rings. The monoisotopic (exact) mass is 1150 g/mol.